The molecule has 0 saturated carbocycles. The first-order chi connectivity index (χ1) is 11.0. The number of nitrogens with zero attached hydrogens (tertiary/aromatic N) is 1. The van der Waals surface area contributed by atoms with Crippen LogP contribution in [0, 0.1) is 6.92 Å². The molecule has 1 amide bonds. The Kier molecular flexibility index (Phi) is 6.80. The molecule has 0 aliphatic rings. The van der Waals surface area contributed by atoms with E-state index in [0.29, 0.717) is 0 Å². The fraction of sp³-hybridized carbons (Fsp3) is 0.125. The Morgan fingerprint density at radius 1 is 1.13 bits per heavy atom. The quantitative estimate of drug-likeness (QED) is 0.453. The van der Waals surface area contributed by atoms with Crippen LogP contribution in [0.3, 0.4) is 0 Å². The first-order valence-electron chi connectivity index (χ1n) is 6.72. The number of hydrogen-bond acceptors (Lipinski definition) is 3. The average Bonchev–Trinajstić information content (AvgIpc) is 2.52. The number of rotatable bonds is 5. The number of benzene rings is 2. The lowest BCUT2D eigenvalue weighted by molar-refractivity contribution is -0.119. The third kappa shape index (κ3) is 5.75. The maximum Gasteiger partial charge on any atom is 0.259 e. The Hall–Kier alpha value is -1.18. The Bertz CT molecular complexity index is 707. The summed E-state index contributed by atoms with van der Waals surface area (Å²) in [5.74, 6) is -0.216. The standard InChI is InChI=1S/C16H14Br3N3O/c1-10-14(18)6-13(7-15(10)19)20-9-16(23)22-21-8-11-2-4-12(17)5-3-11/h2-8,20H,9H2,1H3,(H,22,23)/b21-8+. The van der Waals surface area contributed by atoms with Gasteiger partial charge in [-0.05, 0) is 42.3 Å². The normalized spacial score (nSPS) is 10.8. The second-order valence-electron chi connectivity index (χ2n) is 4.76. The summed E-state index contributed by atoms with van der Waals surface area (Å²) in [4.78, 5) is 11.8. The van der Waals surface area contributed by atoms with Gasteiger partial charge in [0.15, 0.2) is 0 Å². The molecule has 0 radical (unpaired) electrons. The van der Waals surface area contributed by atoms with Gasteiger partial charge in [-0.1, -0.05) is 59.9 Å². The molecule has 0 heterocycles. The minimum Gasteiger partial charge on any atom is -0.376 e. The van der Waals surface area contributed by atoms with Gasteiger partial charge in [-0.2, -0.15) is 5.10 Å². The molecule has 0 unspecified atom stereocenters. The molecule has 0 aliphatic carbocycles. The molecule has 0 fully saturated rings. The largest absolute Gasteiger partial charge is 0.376 e. The molecule has 2 N–H and O–H groups in total. The van der Waals surface area contributed by atoms with Crippen molar-refractivity contribution in [1.29, 1.82) is 0 Å². The molecule has 0 aliphatic heterocycles. The Balaban J connectivity index is 1.84. The Labute approximate surface area is 160 Å². The van der Waals surface area contributed by atoms with Crippen LogP contribution in [0.15, 0.2) is 54.9 Å². The molecule has 4 nitrogen and oxygen atoms in total. The van der Waals surface area contributed by atoms with Crippen LogP contribution in [0.1, 0.15) is 11.1 Å². The van der Waals surface area contributed by atoms with Crippen LogP contribution < -0.4 is 10.7 Å². The lowest BCUT2D eigenvalue weighted by Crippen LogP contribution is -2.25. The van der Waals surface area contributed by atoms with E-state index < -0.39 is 0 Å². The molecule has 0 atom stereocenters. The summed E-state index contributed by atoms with van der Waals surface area (Å²) >= 11 is 10.3. The van der Waals surface area contributed by atoms with Crippen LogP contribution in [0.25, 0.3) is 0 Å². The van der Waals surface area contributed by atoms with E-state index in [0.717, 1.165) is 30.2 Å². The number of carbonyl (C=O) groups excluding carboxylic acids is 1. The summed E-state index contributed by atoms with van der Waals surface area (Å²) in [6.45, 7) is 2.14. The molecule has 0 spiro atoms. The summed E-state index contributed by atoms with van der Waals surface area (Å²) in [6, 6.07) is 11.5. The number of hydrogen-bond donors (Lipinski definition) is 2. The smallest absolute Gasteiger partial charge is 0.259 e. The second-order valence-corrected chi connectivity index (χ2v) is 7.39. The second kappa shape index (κ2) is 8.61. The zero-order chi connectivity index (χ0) is 16.8. The number of nitrogens with one attached hydrogen (secondary N) is 2. The van der Waals surface area contributed by atoms with E-state index in [4.69, 9.17) is 0 Å². The zero-order valence-corrected chi connectivity index (χ0v) is 17.0. The fourth-order valence-electron chi connectivity index (χ4n) is 1.70. The van der Waals surface area contributed by atoms with E-state index in [9.17, 15) is 4.79 Å². The number of carbonyl (C=O) groups is 1. The lowest BCUT2D eigenvalue weighted by Gasteiger charge is -2.09. The first kappa shape index (κ1) is 18.2. The van der Waals surface area contributed by atoms with Crippen molar-refractivity contribution < 1.29 is 4.79 Å². The lowest BCUT2D eigenvalue weighted by atomic mass is 10.2. The molecule has 2 aromatic rings. The van der Waals surface area contributed by atoms with Crippen molar-refractivity contribution in [3.05, 3.63) is 60.9 Å². The summed E-state index contributed by atoms with van der Waals surface area (Å²) < 4.78 is 2.95. The molecule has 0 bridgehead atoms. The molecule has 2 aromatic carbocycles. The highest BCUT2D eigenvalue weighted by atomic mass is 79.9. The molecular weight excluding hydrogens is 490 g/mol. The van der Waals surface area contributed by atoms with Gasteiger partial charge in [0.25, 0.3) is 5.91 Å². The van der Waals surface area contributed by atoms with Crippen LogP contribution in [0.5, 0.6) is 0 Å². The zero-order valence-electron chi connectivity index (χ0n) is 12.2. The SMILES string of the molecule is Cc1c(Br)cc(NCC(=O)N/N=C/c2ccc(Br)cc2)cc1Br. The van der Waals surface area contributed by atoms with Crippen LogP contribution in [-0.2, 0) is 4.79 Å². The third-order valence-electron chi connectivity index (χ3n) is 3.01. The van der Waals surface area contributed by atoms with Crippen molar-refractivity contribution in [2.24, 2.45) is 5.10 Å². The van der Waals surface area contributed by atoms with Gasteiger partial charge in [0, 0.05) is 19.1 Å². The minimum atomic E-state index is -0.216. The van der Waals surface area contributed by atoms with Crippen molar-refractivity contribution >= 4 is 65.6 Å². The van der Waals surface area contributed by atoms with Crippen molar-refractivity contribution in [2.45, 2.75) is 6.92 Å². The summed E-state index contributed by atoms with van der Waals surface area (Å²) in [5, 5.41) is 6.99. The fourth-order valence-corrected chi connectivity index (χ4v) is 3.15. The third-order valence-corrected chi connectivity index (χ3v) is 5.18. The maximum absolute atomic E-state index is 11.8. The van der Waals surface area contributed by atoms with Crippen molar-refractivity contribution in [1.82, 2.24) is 5.43 Å². The highest BCUT2D eigenvalue weighted by Gasteiger charge is 2.05. The molecule has 0 aromatic heterocycles. The summed E-state index contributed by atoms with van der Waals surface area (Å²) in [7, 11) is 0. The number of amides is 1. The van der Waals surface area contributed by atoms with E-state index in [1.54, 1.807) is 6.21 Å². The predicted octanol–water partition coefficient (Wildman–Crippen LogP) is 4.84. The van der Waals surface area contributed by atoms with Crippen LogP contribution in [0.2, 0.25) is 0 Å². The van der Waals surface area contributed by atoms with Gasteiger partial charge in [-0.3, -0.25) is 4.79 Å². The molecule has 23 heavy (non-hydrogen) atoms. The summed E-state index contributed by atoms with van der Waals surface area (Å²) in [5.41, 5.74) is 5.36. The monoisotopic (exact) mass is 501 g/mol. The van der Waals surface area contributed by atoms with Crippen molar-refractivity contribution in [3.8, 4) is 0 Å². The Morgan fingerprint density at radius 2 is 1.74 bits per heavy atom. The average molecular weight is 504 g/mol. The van der Waals surface area contributed by atoms with E-state index in [2.05, 4.69) is 63.6 Å². The highest BCUT2D eigenvalue weighted by Crippen LogP contribution is 2.28. The Morgan fingerprint density at radius 3 is 2.35 bits per heavy atom. The number of halogens is 3. The van der Waals surface area contributed by atoms with Crippen LogP contribution in [-0.4, -0.2) is 18.7 Å². The van der Waals surface area contributed by atoms with E-state index in [-0.39, 0.29) is 12.5 Å². The number of anilines is 1. The van der Waals surface area contributed by atoms with E-state index >= 15 is 0 Å². The molecule has 2 rings (SSSR count). The maximum atomic E-state index is 11.8. The molecule has 120 valence electrons. The van der Waals surface area contributed by atoms with Crippen LogP contribution in [0.4, 0.5) is 5.69 Å². The van der Waals surface area contributed by atoms with Crippen molar-refractivity contribution in [3.63, 3.8) is 0 Å². The highest BCUT2D eigenvalue weighted by molar-refractivity contribution is 9.11. The molecule has 0 saturated heterocycles. The van der Waals surface area contributed by atoms with E-state index in [1.165, 1.54) is 0 Å². The van der Waals surface area contributed by atoms with Gasteiger partial charge in [0.1, 0.15) is 0 Å². The van der Waals surface area contributed by atoms with E-state index in [1.807, 2.05) is 43.3 Å². The van der Waals surface area contributed by atoms with Gasteiger partial charge in [-0.25, -0.2) is 5.43 Å². The summed E-state index contributed by atoms with van der Waals surface area (Å²) in [6.07, 6.45) is 1.60. The molecular formula is C16H14Br3N3O. The minimum absolute atomic E-state index is 0.139. The topological polar surface area (TPSA) is 53.5 Å². The van der Waals surface area contributed by atoms with Crippen molar-refractivity contribution in [2.75, 3.05) is 11.9 Å². The van der Waals surface area contributed by atoms with Gasteiger partial charge in [-0.15, -0.1) is 0 Å². The van der Waals surface area contributed by atoms with Crippen LogP contribution >= 0.6 is 47.8 Å². The van der Waals surface area contributed by atoms with Gasteiger partial charge in [0.2, 0.25) is 0 Å². The first-order valence-corrected chi connectivity index (χ1v) is 9.10. The van der Waals surface area contributed by atoms with Gasteiger partial charge < -0.3 is 5.32 Å². The predicted molar refractivity (Wildman–Crippen MR) is 105 cm³/mol. The number of hydrazone groups is 1. The van der Waals surface area contributed by atoms with Gasteiger partial charge >= 0.3 is 0 Å². The molecule has 7 heteroatoms. The van der Waals surface area contributed by atoms with Gasteiger partial charge in [0.05, 0.1) is 12.8 Å².